The Morgan fingerprint density at radius 2 is 1.89 bits per heavy atom. The summed E-state index contributed by atoms with van der Waals surface area (Å²) >= 11 is 5.17. The second-order valence-electron chi connectivity index (χ2n) is 6.65. The second kappa shape index (κ2) is 10.7. The lowest BCUT2D eigenvalue weighted by Gasteiger charge is -2.35. The van der Waals surface area contributed by atoms with Crippen LogP contribution in [0.15, 0.2) is 36.9 Å². The third kappa shape index (κ3) is 6.91. The lowest BCUT2D eigenvalue weighted by molar-refractivity contribution is -0.145. The van der Waals surface area contributed by atoms with E-state index in [1.54, 1.807) is 24.3 Å². The maximum Gasteiger partial charge on any atom is 0.321 e. The van der Waals surface area contributed by atoms with E-state index in [-0.39, 0.29) is 12.3 Å². The highest BCUT2D eigenvalue weighted by Crippen LogP contribution is 2.16. The fourth-order valence-electron chi connectivity index (χ4n) is 2.91. The molecule has 2 rings (SSSR count). The van der Waals surface area contributed by atoms with Crippen molar-refractivity contribution in [3.8, 4) is 0 Å². The number of hydrogen-bond donors (Lipinski definition) is 4. The van der Waals surface area contributed by atoms with Gasteiger partial charge >= 0.3 is 5.97 Å². The molecule has 0 radical (unpaired) electrons. The fraction of sp³-hybridized carbons (Fsp3) is 0.421. The molecule has 0 aromatic heterocycles. The molecule has 0 unspecified atom stereocenters. The predicted molar refractivity (Wildman–Crippen MR) is 115 cm³/mol. The van der Waals surface area contributed by atoms with E-state index < -0.39 is 12.0 Å². The van der Waals surface area contributed by atoms with Gasteiger partial charge in [-0.25, -0.2) is 0 Å². The molecule has 1 fully saturated rings. The van der Waals surface area contributed by atoms with Crippen molar-refractivity contribution in [2.45, 2.75) is 12.5 Å². The monoisotopic (exact) mass is 405 g/mol. The van der Waals surface area contributed by atoms with E-state index in [0.29, 0.717) is 36.1 Å². The minimum atomic E-state index is -0.978. The Kier molecular flexibility index (Phi) is 8.37. The molecule has 28 heavy (non-hydrogen) atoms. The number of carboxylic acid groups (broad SMARTS) is 1. The van der Waals surface area contributed by atoms with Crippen LogP contribution in [0.4, 0.5) is 11.4 Å². The number of piperazine rings is 1. The molecule has 8 nitrogen and oxygen atoms in total. The van der Waals surface area contributed by atoms with E-state index in [9.17, 15) is 14.7 Å². The summed E-state index contributed by atoms with van der Waals surface area (Å²) < 4.78 is 0. The van der Waals surface area contributed by atoms with Crippen LogP contribution < -0.4 is 16.0 Å². The van der Waals surface area contributed by atoms with E-state index in [4.69, 9.17) is 12.2 Å². The minimum absolute atomic E-state index is 0.101. The molecule has 1 aliphatic heterocycles. The molecule has 1 saturated heterocycles. The SMILES string of the molecule is C=CCNC(=S)Nc1cccc(NC(=O)C[C@@H](C(=O)O)N2CCN(C)CC2)c1. The Bertz CT molecular complexity index is 719. The van der Waals surface area contributed by atoms with Crippen molar-refractivity contribution < 1.29 is 14.7 Å². The van der Waals surface area contributed by atoms with Crippen molar-refractivity contribution in [1.82, 2.24) is 15.1 Å². The zero-order valence-corrected chi connectivity index (χ0v) is 16.8. The quantitative estimate of drug-likeness (QED) is 0.378. The van der Waals surface area contributed by atoms with E-state index in [0.717, 1.165) is 13.1 Å². The average Bonchev–Trinajstić information content (AvgIpc) is 2.65. The van der Waals surface area contributed by atoms with Crippen LogP contribution in [-0.2, 0) is 9.59 Å². The molecule has 1 aliphatic rings. The Hall–Kier alpha value is -2.49. The van der Waals surface area contributed by atoms with Crippen LogP contribution in [0, 0.1) is 0 Å². The van der Waals surface area contributed by atoms with Crippen LogP contribution in [0.25, 0.3) is 0 Å². The summed E-state index contributed by atoms with van der Waals surface area (Å²) in [5, 5.41) is 18.7. The second-order valence-corrected chi connectivity index (χ2v) is 7.06. The normalized spacial score (nSPS) is 16.0. The first kappa shape index (κ1) is 21.8. The number of carbonyl (C=O) groups is 2. The largest absolute Gasteiger partial charge is 0.480 e. The van der Waals surface area contributed by atoms with E-state index in [1.807, 2.05) is 18.0 Å². The first-order valence-corrected chi connectivity index (χ1v) is 9.51. The number of nitrogens with zero attached hydrogens (tertiary/aromatic N) is 2. The van der Waals surface area contributed by atoms with Crippen LogP contribution in [0.2, 0.25) is 0 Å². The number of nitrogens with one attached hydrogen (secondary N) is 3. The smallest absolute Gasteiger partial charge is 0.321 e. The summed E-state index contributed by atoms with van der Waals surface area (Å²) in [6, 6.07) is 6.26. The van der Waals surface area contributed by atoms with Crippen molar-refractivity contribution in [3.05, 3.63) is 36.9 Å². The van der Waals surface area contributed by atoms with Gasteiger partial charge in [-0.1, -0.05) is 12.1 Å². The molecule has 1 aromatic rings. The standard InChI is InChI=1S/C19H27N5O3S/c1-3-7-20-19(28)22-15-6-4-5-14(12-15)21-17(25)13-16(18(26)27)24-10-8-23(2)9-11-24/h3-6,12,16H,1,7-11,13H2,2H3,(H,21,25)(H,26,27)(H2,20,22,28)/t16-/m0/s1. The molecule has 0 aliphatic carbocycles. The molecule has 152 valence electrons. The van der Waals surface area contributed by atoms with Gasteiger partial charge in [-0.3, -0.25) is 14.5 Å². The summed E-state index contributed by atoms with van der Waals surface area (Å²) in [7, 11) is 2.00. The average molecular weight is 406 g/mol. The van der Waals surface area contributed by atoms with Crippen molar-refractivity contribution in [3.63, 3.8) is 0 Å². The van der Waals surface area contributed by atoms with E-state index in [2.05, 4.69) is 27.4 Å². The molecule has 0 spiro atoms. The number of anilines is 2. The minimum Gasteiger partial charge on any atom is -0.480 e. The number of carbonyl (C=O) groups excluding carboxylic acids is 1. The fourth-order valence-corrected chi connectivity index (χ4v) is 3.11. The number of amides is 1. The number of likely N-dealkylation sites (N-methyl/N-ethyl adjacent to an activating group) is 1. The summed E-state index contributed by atoms with van der Waals surface area (Å²) in [6.07, 6.45) is 1.60. The molecule has 1 atom stereocenters. The van der Waals surface area contributed by atoms with Gasteiger partial charge in [0.1, 0.15) is 6.04 Å². The van der Waals surface area contributed by atoms with Crippen LogP contribution in [0.5, 0.6) is 0 Å². The number of benzene rings is 1. The Balaban J connectivity index is 1.93. The summed E-state index contributed by atoms with van der Waals surface area (Å²) in [5.74, 6) is -1.32. The van der Waals surface area contributed by atoms with Crippen molar-refractivity contribution in [2.24, 2.45) is 0 Å². The van der Waals surface area contributed by atoms with Gasteiger partial charge in [-0.15, -0.1) is 6.58 Å². The van der Waals surface area contributed by atoms with Crippen LogP contribution in [0.1, 0.15) is 6.42 Å². The number of hydrogen-bond acceptors (Lipinski definition) is 5. The van der Waals surface area contributed by atoms with Gasteiger partial charge in [0.2, 0.25) is 5.91 Å². The zero-order chi connectivity index (χ0) is 20.5. The third-order valence-electron chi connectivity index (χ3n) is 4.45. The number of carboxylic acids is 1. The lowest BCUT2D eigenvalue weighted by Crippen LogP contribution is -2.52. The topological polar surface area (TPSA) is 96.9 Å². The van der Waals surface area contributed by atoms with Crippen molar-refractivity contribution in [1.29, 1.82) is 0 Å². The van der Waals surface area contributed by atoms with Crippen LogP contribution >= 0.6 is 12.2 Å². The van der Waals surface area contributed by atoms with Gasteiger partial charge in [0.25, 0.3) is 0 Å². The van der Waals surface area contributed by atoms with Crippen molar-refractivity contribution in [2.75, 3.05) is 50.4 Å². The maximum absolute atomic E-state index is 12.4. The molecule has 0 bridgehead atoms. The Morgan fingerprint density at radius 3 is 2.50 bits per heavy atom. The summed E-state index contributed by atoms with van der Waals surface area (Å²) in [5.41, 5.74) is 1.29. The van der Waals surface area contributed by atoms with Crippen molar-refractivity contribution >= 4 is 40.6 Å². The molecule has 0 saturated carbocycles. The van der Waals surface area contributed by atoms with E-state index in [1.165, 1.54) is 0 Å². The highest BCUT2D eigenvalue weighted by atomic mass is 32.1. The molecule has 1 aromatic carbocycles. The molecule has 1 heterocycles. The molecule has 9 heteroatoms. The van der Waals surface area contributed by atoms with Crippen LogP contribution in [-0.4, -0.2) is 77.7 Å². The van der Waals surface area contributed by atoms with Gasteiger partial charge in [0.05, 0.1) is 6.42 Å². The van der Waals surface area contributed by atoms with Gasteiger partial charge in [0.15, 0.2) is 5.11 Å². The maximum atomic E-state index is 12.4. The number of rotatable bonds is 8. The highest BCUT2D eigenvalue weighted by molar-refractivity contribution is 7.80. The first-order chi connectivity index (χ1) is 13.4. The zero-order valence-electron chi connectivity index (χ0n) is 16.0. The third-order valence-corrected chi connectivity index (χ3v) is 4.70. The molecule has 4 N–H and O–H groups in total. The van der Waals surface area contributed by atoms with Gasteiger partial charge < -0.3 is 26.0 Å². The summed E-state index contributed by atoms with van der Waals surface area (Å²) in [6.45, 7) is 7.01. The summed E-state index contributed by atoms with van der Waals surface area (Å²) in [4.78, 5) is 28.1. The Labute approximate surface area is 170 Å². The Morgan fingerprint density at radius 1 is 1.25 bits per heavy atom. The van der Waals surface area contributed by atoms with Gasteiger partial charge in [-0.05, 0) is 37.5 Å². The number of thiocarbonyl (C=S) groups is 1. The van der Waals surface area contributed by atoms with Crippen LogP contribution in [0.3, 0.4) is 0 Å². The number of aliphatic carboxylic acids is 1. The van der Waals surface area contributed by atoms with E-state index >= 15 is 0 Å². The molecular formula is C19H27N5O3S. The predicted octanol–water partition coefficient (Wildman–Crippen LogP) is 1.19. The molecule has 1 amide bonds. The lowest BCUT2D eigenvalue weighted by atomic mass is 10.1. The first-order valence-electron chi connectivity index (χ1n) is 9.10. The highest BCUT2D eigenvalue weighted by Gasteiger charge is 2.30. The van der Waals surface area contributed by atoms with Gasteiger partial charge in [-0.2, -0.15) is 0 Å². The van der Waals surface area contributed by atoms with Gasteiger partial charge in [0, 0.05) is 44.1 Å². The molecular weight excluding hydrogens is 378 g/mol.